The Hall–Kier alpha value is -1.42. The van der Waals surface area contributed by atoms with Crippen LogP contribution in [0.3, 0.4) is 0 Å². The van der Waals surface area contributed by atoms with Crippen LogP contribution in [0.2, 0.25) is 0 Å². The maximum absolute atomic E-state index is 12.3. The largest absolute Gasteiger partial charge is 0.330 e. The first-order valence-corrected chi connectivity index (χ1v) is 5.78. The van der Waals surface area contributed by atoms with Gasteiger partial charge in [0.25, 0.3) is 0 Å². The van der Waals surface area contributed by atoms with Crippen molar-refractivity contribution in [2.24, 2.45) is 11.7 Å². The van der Waals surface area contributed by atoms with E-state index in [1.807, 2.05) is 30.3 Å². The number of rotatable bonds is 6. The first-order chi connectivity index (χ1) is 8.19. The Kier molecular flexibility index (Phi) is 5.63. The van der Waals surface area contributed by atoms with E-state index in [-0.39, 0.29) is 11.8 Å². The van der Waals surface area contributed by atoms with Crippen LogP contribution in [0.4, 0.5) is 10.1 Å². The third-order valence-corrected chi connectivity index (χ3v) is 2.74. The van der Waals surface area contributed by atoms with Crippen molar-refractivity contribution in [3.63, 3.8) is 0 Å². The molecular weight excluding hydrogens is 219 g/mol. The summed E-state index contributed by atoms with van der Waals surface area (Å²) in [4.78, 5) is 13.2. The first kappa shape index (κ1) is 13.6. The molecule has 3 nitrogen and oxygen atoms in total. The minimum absolute atomic E-state index is 0.00380. The summed E-state index contributed by atoms with van der Waals surface area (Å²) in [6, 6.07) is 9.37. The Morgan fingerprint density at radius 1 is 1.41 bits per heavy atom. The lowest BCUT2D eigenvalue weighted by molar-refractivity contribution is -0.116. The van der Waals surface area contributed by atoms with E-state index in [0.29, 0.717) is 19.5 Å². The maximum atomic E-state index is 12.3. The lowest BCUT2D eigenvalue weighted by Gasteiger charge is -2.25. The molecule has 0 heterocycles. The molecule has 4 heteroatoms. The summed E-state index contributed by atoms with van der Waals surface area (Å²) in [5.41, 5.74) is 6.41. The second-order valence-corrected chi connectivity index (χ2v) is 4.04. The first-order valence-electron chi connectivity index (χ1n) is 5.78. The van der Waals surface area contributed by atoms with Crippen LogP contribution in [-0.4, -0.2) is 25.7 Å². The molecule has 1 atom stereocenters. The average molecular weight is 238 g/mol. The van der Waals surface area contributed by atoms with Gasteiger partial charge in [0.05, 0.1) is 6.67 Å². The van der Waals surface area contributed by atoms with E-state index in [0.717, 1.165) is 5.69 Å². The number of hydrogen-bond acceptors (Lipinski definition) is 2. The van der Waals surface area contributed by atoms with Gasteiger partial charge < -0.3 is 10.6 Å². The Morgan fingerprint density at radius 3 is 2.53 bits per heavy atom. The highest BCUT2D eigenvalue weighted by Gasteiger charge is 2.16. The van der Waals surface area contributed by atoms with E-state index < -0.39 is 6.67 Å². The van der Waals surface area contributed by atoms with E-state index >= 15 is 0 Å². The minimum atomic E-state index is -0.400. The number of halogens is 1. The molecule has 0 saturated carbocycles. The maximum Gasteiger partial charge on any atom is 0.223 e. The molecule has 0 aliphatic heterocycles. The summed E-state index contributed by atoms with van der Waals surface area (Å²) in [5.74, 6) is -0.0439. The van der Waals surface area contributed by atoms with E-state index in [1.54, 1.807) is 4.90 Å². The molecular formula is C13H19FN2O. The van der Waals surface area contributed by atoms with Gasteiger partial charge in [0.2, 0.25) is 5.91 Å². The molecule has 0 fully saturated rings. The molecule has 1 aromatic carbocycles. The third kappa shape index (κ3) is 4.15. The second kappa shape index (κ2) is 7.01. The summed E-state index contributed by atoms with van der Waals surface area (Å²) in [7, 11) is 0. The van der Waals surface area contributed by atoms with Crippen LogP contribution >= 0.6 is 0 Å². The van der Waals surface area contributed by atoms with Crippen LogP contribution in [0, 0.1) is 5.92 Å². The number of nitrogens with two attached hydrogens (primary N) is 1. The zero-order valence-electron chi connectivity index (χ0n) is 10.1. The number of hydrogen-bond donors (Lipinski definition) is 1. The van der Waals surface area contributed by atoms with Gasteiger partial charge in [0.1, 0.15) is 0 Å². The molecule has 0 aliphatic rings. The van der Waals surface area contributed by atoms with Gasteiger partial charge in [-0.3, -0.25) is 9.18 Å². The van der Waals surface area contributed by atoms with E-state index in [1.165, 1.54) is 6.92 Å². The predicted octanol–water partition coefficient (Wildman–Crippen LogP) is 1.97. The van der Waals surface area contributed by atoms with Crippen LogP contribution in [0.5, 0.6) is 0 Å². The highest BCUT2D eigenvalue weighted by atomic mass is 19.1. The molecule has 94 valence electrons. The molecule has 0 saturated heterocycles. The molecule has 1 rings (SSSR count). The third-order valence-electron chi connectivity index (χ3n) is 2.74. The SMILES string of the molecule is CC(=O)N(CC(CN)CCF)c1ccccc1. The Bertz CT molecular complexity index is 343. The monoisotopic (exact) mass is 238 g/mol. The molecule has 17 heavy (non-hydrogen) atoms. The standard InChI is InChI=1S/C13H19FN2O/c1-11(17)16(10-12(9-15)7-8-14)13-5-3-2-4-6-13/h2-6,12H,7-10,15H2,1H3. The van der Waals surface area contributed by atoms with Gasteiger partial charge >= 0.3 is 0 Å². The highest BCUT2D eigenvalue weighted by Crippen LogP contribution is 2.16. The lowest BCUT2D eigenvalue weighted by Crippen LogP contribution is -2.36. The zero-order chi connectivity index (χ0) is 12.7. The molecule has 2 N–H and O–H groups in total. The van der Waals surface area contributed by atoms with Crippen LogP contribution in [0.1, 0.15) is 13.3 Å². The molecule has 1 unspecified atom stereocenters. The van der Waals surface area contributed by atoms with Gasteiger partial charge in [0.15, 0.2) is 0 Å². The topological polar surface area (TPSA) is 46.3 Å². The van der Waals surface area contributed by atoms with Crippen molar-refractivity contribution in [3.05, 3.63) is 30.3 Å². The number of para-hydroxylation sites is 1. The summed E-state index contributed by atoms with van der Waals surface area (Å²) < 4.78 is 12.3. The van der Waals surface area contributed by atoms with Crippen LogP contribution in [0.15, 0.2) is 30.3 Å². The fourth-order valence-corrected chi connectivity index (χ4v) is 1.72. The fraction of sp³-hybridized carbons (Fsp3) is 0.462. The van der Waals surface area contributed by atoms with E-state index in [2.05, 4.69) is 0 Å². The van der Waals surface area contributed by atoms with Crippen LogP contribution < -0.4 is 10.6 Å². The molecule has 0 radical (unpaired) electrons. The van der Waals surface area contributed by atoms with Gasteiger partial charge in [-0.2, -0.15) is 0 Å². The molecule has 0 spiro atoms. The normalized spacial score (nSPS) is 12.2. The smallest absolute Gasteiger partial charge is 0.223 e. The summed E-state index contributed by atoms with van der Waals surface area (Å²) in [5, 5.41) is 0. The Labute approximate surface area is 101 Å². The number of amides is 1. The zero-order valence-corrected chi connectivity index (χ0v) is 10.1. The summed E-state index contributed by atoms with van der Waals surface area (Å²) in [6.45, 7) is 1.97. The van der Waals surface area contributed by atoms with Crippen molar-refractivity contribution in [3.8, 4) is 0 Å². The Balaban J connectivity index is 2.77. The highest BCUT2D eigenvalue weighted by molar-refractivity contribution is 5.91. The number of nitrogens with zero attached hydrogens (tertiary/aromatic N) is 1. The van der Waals surface area contributed by atoms with Gasteiger partial charge in [-0.05, 0) is 31.0 Å². The molecule has 0 aromatic heterocycles. The van der Waals surface area contributed by atoms with E-state index in [9.17, 15) is 9.18 Å². The van der Waals surface area contributed by atoms with Crippen LogP contribution in [0.25, 0.3) is 0 Å². The summed E-state index contributed by atoms with van der Waals surface area (Å²) in [6.07, 6.45) is 0.396. The fourth-order valence-electron chi connectivity index (χ4n) is 1.72. The minimum Gasteiger partial charge on any atom is -0.330 e. The van der Waals surface area contributed by atoms with Crippen molar-refractivity contribution in [1.82, 2.24) is 0 Å². The average Bonchev–Trinajstić information content (AvgIpc) is 2.35. The van der Waals surface area contributed by atoms with Crippen LogP contribution in [-0.2, 0) is 4.79 Å². The van der Waals surface area contributed by atoms with Crippen molar-refractivity contribution >= 4 is 11.6 Å². The number of benzene rings is 1. The number of carbonyl (C=O) groups excluding carboxylic acids is 1. The second-order valence-electron chi connectivity index (χ2n) is 4.04. The van der Waals surface area contributed by atoms with Gasteiger partial charge in [-0.1, -0.05) is 18.2 Å². The molecule has 1 aromatic rings. The Morgan fingerprint density at radius 2 is 2.06 bits per heavy atom. The molecule has 0 aliphatic carbocycles. The quantitative estimate of drug-likeness (QED) is 0.823. The molecule has 0 bridgehead atoms. The lowest BCUT2D eigenvalue weighted by atomic mass is 10.1. The number of alkyl halides is 1. The number of anilines is 1. The van der Waals surface area contributed by atoms with Crippen molar-refractivity contribution in [2.75, 3.05) is 24.7 Å². The van der Waals surface area contributed by atoms with Gasteiger partial charge in [-0.25, -0.2) is 0 Å². The number of carbonyl (C=O) groups is 1. The summed E-state index contributed by atoms with van der Waals surface area (Å²) >= 11 is 0. The molecule has 1 amide bonds. The van der Waals surface area contributed by atoms with Crippen molar-refractivity contribution in [1.29, 1.82) is 0 Å². The van der Waals surface area contributed by atoms with Crippen molar-refractivity contribution in [2.45, 2.75) is 13.3 Å². The van der Waals surface area contributed by atoms with Gasteiger partial charge in [-0.15, -0.1) is 0 Å². The van der Waals surface area contributed by atoms with E-state index in [4.69, 9.17) is 5.73 Å². The predicted molar refractivity (Wildman–Crippen MR) is 67.6 cm³/mol. The van der Waals surface area contributed by atoms with Crippen molar-refractivity contribution < 1.29 is 9.18 Å². The van der Waals surface area contributed by atoms with Gasteiger partial charge in [0, 0.05) is 19.2 Å².